The van der Waals surface area contributed by atoms with E-state index in [1.54, 1.807) is 0 Å². The molecule has 5 nitrogen and oxygen atoms in total. The molecule has 0 radical (unpaired) electrons. The number of nitrogens with zero attached hydrogens (tertiary/aromatic N) is 3. The molecule has 0 aromatic carbocycles. The number of imidazole rings is 1. The summed E-state index contributed by atoms with van der Waals surface area (Å²) in [6, 6.07) is 2.00. The Labute approximate surface area is 128 Å². The van der Waals surface area contributed by atoms with E-state index in [0.717, 1.165) is 34.7 Å². The Kier molecular flexibility index (Phi) is 4.56. The number of carbonyl (C=O) groups is 1. The van der Waals surface area contributed by atoms with Gasteiger partial charge < -0.3 is 5.11 Å². The van der Waals surface area contributed by atoms with Gasteiger partial charge in [-0.3, -0.25) is 9.36 Å². The third-order valence-corrected chi connectivity index (χ3v) is 4.91. The lowest BCUT2D eigenvalue weighted by Gasteiger charge is -2.30. The zero-order valence-corrected chi connectivity index (χ0v) is 13.7. The Balaban J connectivity index is 2.62. The number of pyridine rings is 1. The van der Waals surface area contributed by atoms with Crippen molar-refractivity contribution in [3.05, 3.63) is 17.8 Å². The summed E-state index contributed by atoms with van der Waals surface area (Å²) in [6.45, 7) is 8.42. The highest BCUT2D eigenvalue weighted by Gasteiger charge is 2.28. The topological polar surface area (TPSA) is 68.0 Å². The summed E-state index contributed by atoms with van der Waals surface area (Å²) in [5, 5.41) is 9.66. The average Bonchev–Trinajstić information content (AvgIpc) is 2.82. The highest BCUT2D eigenvalue weighted by Crippen LogP contribution is 2.34. The fourth-order valence-corrected chi connectivity index (χ4v) is 3.17. The number of rotatable bonds is 6. The summed E-state index contributed by atoms with van der Waals surface area (Å²) < 4.78 is 2.11. The largest absolute Gasteiger partial charge is 0.481 e. The minimum atomic E-state index is -0.836. The van der Waals surface area contributed by atoms with Gasteiger partial charge in [0.1, 0.15) is 5.52 Å². The molecule has 0 saturated carbocycles. The van der Waals surface area contributed by atoms with Crippen LogP contribution < -0.4 is 0 Å². The van der Waals surface area contributed by atoms with E-state index >= 15 is 0 Å². The Morgan fingerprint density at radius 2 is 2.10 bits per heavy atom. The van der Waals surface area contributed by atoms with E-state index in [9.17, 15) is 4.79 Å². The molecule has 0 unspecified atom stereocenters. The monoisotopic (exact) mass is 307 g/mol. The quantitative estimate of drug-likeness (QED) is 0.828. The first-order chi connectivity index (χ1) is 9.91. The van der Waals surface area contributed by atoms with Crippen molar-refractivity contribution < 1.29 is 9.90 Å². The third kappa shape index (κ3) is 3.05. The molecule has 0 bridgehead atoms. The van der Waals surface area contributed by atoms with Crippen LogP contribution in [0.25, 0.3) is 11.2 Å². The predicted octanol–water partition coefficient (Wildman–Crippen LogP) is 3.45. The van der Waals surface area contributed by atoms with E-state index in [1.165, 1.54) is 11.8 Å². The minimum Gasteiger partial charge on any atom is -0.481 e. The van der Waals surface area contributed by atoms with Gasteiger partial charge in [0, 0.05) is 11.7 Å². The van der Waals surface area contributed by atoms with Crippen LogP contribution in [0.3, 0.4) is 0 Å². The molecule has 2 heterocycles. The number of hydrogen-bond acceptors (Lipinski definition) is 4. The van der Waals surface area contributed by atoms with Gasteiger partial charge in [-0.05, 0) is 38.3 Å². The minimum absolute atomic E-state index is 0.00577. The Bertz CT molecular complexity index is 662. The van der Waals surface area contributed by atoms with Crippen molar-refractivity contribution in [3.8, 4) is 0 Å². The molecule has 2 aromatic rings. The van der Waals surface area contributed by atoms with Crippen LogP contribution in [0.2, 0.25) is 0 Å². The van der Waals surface area contributed by atoms with E-state index in [4.69, 9.17) is 5.11 Å². The van der Waals surface area contributed by atoms with Crippen molar-refractivity contribution in [3.63, 3.8) is 0 Å². The molecule has 2 rings (SSSR count). The number of carboxylic acid groups (broad SMARTS) is 1. The van der Waals surface area contributed by atoms with Gasteiger partial charge in [0.2, 0.25) is 0 Å². The highest BCUT2D eigenvalue weighted by atomic mass is 32.2. The lowest BCUT2D eigenvalue weighted by molar-refractivity contribution is -0.133. The number of aromatic nitrogens is 3. The van der Waals surface area contributed by atoms with Crippen LogP contribution in [-0.4, -0.2) is 31.4 Å². The van der Waals surface area contributed by atoms with Crippen molar-refractivity contribution in [2.24, 2.45) is 0 Å². The molecule has 1 N–H and O–H groups in total. The molecule has 0 aliphatic heterocycles. The van der Waals surface area contributed by atoms with Crippen LogP contribution in [-0.2, 0) is 10.3 Å². The van der Waals surface area contributed by atoms with E-state index < -0.39 is 5.97 Å². The highest BCUT2D eigenvalue weighted by molar-refractivity contribution is 7.99. The number of aliphatic carboxylic acids is 1. The molecule has 114 valence electrons. The molecule has 0 saturated heterocycles. The van der Waals surface area contributed by atoms with Gasteiger partial charge in [-0.25, -0.2) is 9.97 Å². The van der Waals surface area contributed by atoms with Gasteiger partial charge in [0.25, 0.3) is 0 Å². The molecule has 6 heteroatoms. The first kappa shape index (κ1) is 15.8. The van der Waals surface area contributed by atoms with Crippen LogP contribution in [0.1, 0.15) is 39.2 Å². The zero-order valence-electron chi connectivity index (χ0n) is 12.9. The molecular weight excluding hydrogens is 286 g/mol. The number of carboxylic acids is 1. The van der Waals surface area contributed by atoms with Gasteiger partial charge in [-0.15, -0.1) is 0 Å². The van der Waals surface area contributed by atoms with Crippen LogP contribution in [0, 0.1) is 6.92 Å². The van der Waals surface area contributed by atoms with Crippen LogP contribution in [0.4, 0.5) is 0 Å². The van der Waals surface area contributed by atoms with Gasteiger partial charge >= 0.3 is 5.97 Å². The summed E-state index contributed by atoms with van der Waals surface area (Å²) in [5.41, 5.74) is 2.60. The second-order valence-electron chi connectivity index (χ2n) is 5.47. The van der Waals surface area contributed by atoms with Crippen molar-refractivity contribution in [1.82, 2.24) is 14.5 Å². The van der Waals surface area contributed by atoms with Crippen molar-refractivity contribution in [2.45, 2.75) is 51.2 Å². The number of hydrogen-bond donors (Lipinski definition) is 1. The summed E-state index contributed by atoms with van der Waals surface area (Å²) >= 11 is 1.26. The lowest BCUT2D eigenvalue weighted by Crippen LogP contribution is -2.29. The van der Waals surface area contributed by atoms with Crippen molar-refractivity contribution in [2.75, 3.05) is 5.75 Å². The summed E-state index contributed by atoms with van der Waals surface area (Å²) in [5.74, 6) is -0.830. The maximum absolute atomic E-state index is 10.9. The summed E-state index contributed by atoms with van der Waals surface area (Å²) in [7, 11) is 0. The molecule has 2 aromatic heterocycles. The van der Waals surface area contributed by atoms with E-state index in [2.05, 4.69) is 35.3 Å². The normalized spacial score (nSPS) is 12.0. The number of aryl methyl sites for hydroxylation is 1. The van der Waals surface area contributed by atoms with Crippen molar-refractivity contribution in [1.29, 1.82) is 0 Å². The maximum Gasteiger partial charge on any atom is 0.313 e. The molecular formula is C15H21N3O2S. The van der Waals surface area contributed by atoms with E-state index in [0.29, 0.717) is 0 Å². The Morgan fingerprint density at radius 1 is 1.43 bits per heavy atom. The van der Waals surface area contributed by atoms with Gasteiger partial charge in [0.15, 0.2) is 10.8 Å². The molecule has 0 aliphatic carbocycles. The molecule has 0 fully saturated rings. The Hall–Kier alpha value is -1.56. The first-order valence-electron chi connectivity index (χ1n) is 7.11. The number of fused-ring (bicyclic) bond motifs is 1. The van der Waals surface area contributed by atoms with Crippen LogP contribution >= 0.6 is 11.8 Å². The fourth-order valence-electron chi connectivity index (χ4n) is 2.32. The molecule has 0 amide bonds. The summed E-state index contributed by atoms with van der Waals surface area (Å²) in [6.07, 6.45) is 3.70. The SMILES string of the molecule is CCC(C)(CC)n1c(SCC(=O)O)nc2cc(C)cnc21. The number of thioether (sulfide) groups is 1. The maximum atomic E-state index is 10.9. The fraction of sp³-hybridized carbons (Fsp3) is 0.533. The molecule has 0 aliphatic rings. The van der Waals surface area contributed by atoms with Gasteiger partial charge in [-0.2, -0.15) is 0 Å². The lowest BCUT2D eigenvalue weighted by atomic mass is 9.95. The Morgan fingerprint density at radius 3 is 2.67 bits per heavy atom. The second-order valence-corrected chi connectivity index (χ2v) is 6.41. The predicted molar refractivity (Wildman–Crippen MR) is 84.9 cm³/mol. The molecule has 21 heavy (non-hydrogen) atoms. The third-order valence-electron chi connectivity index (χ3n) is 3.99. The van der Waals surface area contributed by atoms with Crippen molar-refractivity contribution >= 4 is 28.9 Å². The standard InChI is InChI=1S/C15H21N3O2S/c1-5-15(4,6-2)18-13-11(7-10(3)8-16-13)17-14(18)21-9-12(19)20/h7-8H,5-6,9H2,1-4H3,(H,19,20). The van der Waals surface area contributed by atoms with Gasteiger partial charge in [-0.1, -0.05) is 25.6 Å². The average molecular weight is 307 g/mol. The molecule has 0 atom stereocenters. The van der Waals surface area contributed by atoms with Crippen LogP contribution in [0.5, 0.6) is 0 Å². The smallest absolute Gasteiger partial charge is 0.313 e. The summed E-state index contributed by atoms with van der Waals surface area (Å²) in [4.78, 5) is 20.0. The van der Waals surface area contributed by atoms with E-state index in [1.807, 2.05) is 19.2 Å². The van der Waals surface area contributed by atoms with E-state index in [-0.39, 0.29) is 11.3 Å². The zero-order chi connectivity index (χ0) is 15.6. The molecule has 0 spiro atoms. The van der Waals surface area contributed by atoms with Crippen LogP contribution in [0.15, 0.2) is 17.4 Å². The van der Waals surface area contributed by atoms with Gasteiger partial charge in [0.05, 0.1) is 5.75 Å². The first-order valence-corrected chi connectivity index (χ1v) is 8.10. The second kappa shape index (κ2) is 6.05.